The van der Waals surface area contributed by atoms with E-state index in [1.165, 1.54) is 12.8 Å². The number of rotatable bonds is 9. The zero-order valence-corrected chi connectivity index (χ0v) is 13.9. The Morgan fingerprint density at radius 2 is 2.00 bits per heavy atom. The lowest BCUT2D eigenvalue weighted by Gasteiger charge is -2.18. The largest absolute Gasteiger partial charge is 0.385 e. The van der Waals surface area contributed by atoms with Crippen LogP contribution in [0.4, 0.5) is 5.69 Å². The van der Waals surface area contributed by atoms with Gasteiger partial charge in [0, 0.05) is 31.5 Å². The Balaban J connectivity index is 2.50. The van der Waals surface area contributed by atoms with Crippen molar-refractivity contribution >= 4 is 11.6 Å². The third kappa shape index (κ3) is 6.15. The maximum atomic E-state index is 12.2. The van der Waals surface area contributed by atoms with Gasteiger partial charge in [-0.05, 0) is 38.3 Å². The lowest BCUT2D eigenvalue weighted by atomic mass is 10.1. The van der Waals surface area contributed by atoms with Crippen molar-refractivity contribution in [2.45, 2.75) is 47.0 Å². The van der Waals surface area contributed by atoms with Crippen LogP contribution in [0.3, 0.4) is 0 Å². The van der Waals surface area contributed by atoms with E-state index < -0.39 is 0 Å². The van der Waals surface area contributed by atoms with Gasteiger partial charge in [0.05, 0.1) is 0 Å². The van der Waals surface area contributed by atoms with Crippen LogP contribution in [0.1, 0.15) is 57.4 Å². The van der Waals surface area contributed by atoms with Gasteiger partial charge >= 0.3 is 0 Å². The summed E-state index contributed by atoms with van der Waals surface area (Å²) in [5.74, 6) is 0.771. The van der Waals surface area contributed by atoms with Crippen LogP contribution >= 0.6 is 0 Å². The first kappa shape index (κ1) is 17.5. The first-order chi connectivity index (χ1) is 10.1. The Kier molecular flexibility index (Phi) is 7.80. The summed E-state index contributed by atoms with van der Waals surface area (Å²) in [5.41, 5.74) is 1.50. The molecule has 1 aromatic heterocycles. The standard InChI is InChI=1S/C17H29N3O/c1-5-20(6-2)17(21)16-13-15(10-12-19-16)18-11-8-7-9-14(3)4/h10,12-14H,5-9,11H2,1-4H3,(H,18,19). The number of pyridine rings is 1. The smallest absolute Gasteiger partial charge is 0.272 e. The van der Waals surface area contributed by atoms with E-state index in [2.05, 4.69) is 24.1 Å². The SMILES string of the molecule is CCN(CC)C(=O)c1cc(NCCCCC(C)C)ccn1. The average Bonchev–Trinajstić information content (AvgIpc) is 2.48. The minimum absolute atomic E-state index is 0.00320. The zero-order chi connectivity index (χ0) is 15.7. The van der Waals surface area contributed by atoms with Gasteiger partial charge in [-0.3, -0.25) is 9.78 Å². The van der Waals surface area contributed by atoms with E-state index in [1.807, 2.05) is 26.0 Å². The fourth-order valence-corrected chi connectivity index (χ4v) is 2.24. The van der Waals surface area contributed by atoms with E-state index >= 15 is 0 Å². The van der Waals surface area contributed by atoms with E-state index in [0.29, 0.717) is 18.8 Å². The van der Waals surface area contributed by atoms with Crippen LogP contribution in [0.15, 0.2) is 18.3 Å². The predicted molar refractivity (Wildman–Crippen MR) is 88.7 cm³/mol. The quantitative estimate of drug-likeness (QED) is 0.704. The molecule has 0 bridgehead atoms. The molecule has 0 radical (unpaired) electrons. The number of anilines is 1. The van der Waals surface area contributed by atoms with E-state index in [9.17, 15) is 4.79 Å². The molecule has 0 atom stereocenters. The molecule has 21 heavy (non-hydrogen) atoms. The fraction of sp³-hybridized carbons (Fsp3) is 0.647. The van der Waals surface area contributed by atoms with Crippen molar-refractivity contribution in [3.8, 4) is 0 Å². The average molecular weight is 291 g/mol. The van der Waals surface area contributed by atoms with Crippen molar-refractivity contribution in [3.05, 3.63) is 24.0 Å². The highest BCUT2D eigenvalue weighted by Crippen LogP contribution is 2.11. The molecule has 0 fully saturated rings. The third-order valence-electron chi connectivity index (χ3n) is 3.57. The number of hydrogen-bond acceptors (Lipinski definition) is 3. The Hall–Kier alpha value is -1.58. The number of amides is 1. The Morgan fingerprint density at radius 3 is 2.62 bits per heavy atom. The minimum Gasteiger partial charge on any atom is -0.385 e. The van der Waals surface area contributed by atoms with Crippen LogP contribution in [-0.2, 0) is 0 Å². The van der Waals surface area contributed by atoms with E-state index in [1.54, 1.807) is 11.1 Å². The monoisotopic (exact) mass is 291 g/mol. The van der Waals surface area contributed by atoms with Gasteiger partial charge in [-0.1, -0.05) is 26.7 Å². The summed E-state index contributed by atoms with van der Waals surface area (Å²) in [5, 5.41) is 3.38. The van der Waals surface area contributed by atoms with Gasteiger partial charge in [0.15, 0.2) is 0 Å². The molecule has 0 spiro atoms. The molecular weight excluding hydrogens is 262 g/mol. The van der Waals surface area contributed by atoms with Crippen LogP contribution in [0.25, 0.3) is 0 Å². The predicted octanol–water partition coefficient (Wildman–Crippen LogP) is 3.80. The van der Waals surface area contributed by atoms with Crippen LogP contribution in [0.5, 0.6) is 0 Å². The summed E-state index contributed by atoms with van der Waals surface area (Å²) in [4.78, 5) is 18.2. The number of nitrogens with zero attached hydrogens (tertiary/aromatic N) is 2. The maximum Gasteiger partial charge on any atom is 0.272 e. The summed E-state index contributed by atoms with van der Waals surface area (Å²) < 4.78 is 0. The van der Waals surface area contributed by atoms with Gasteiger partial charge in [0.2, 0.25) is 0 Å². The van der Waals surface area contributed by atoms with Crippen molar-refractivity contribution < 1.29 is 4.79 Å². The fourth-order valence-electron chi connectivity index (χ4n) is 2.24. The van der Waals surface area contributed by atoms with E-state index in [-0.39, 0.29) is 5.91 Å². The molecule has 0 aliphatic heterocycles. The lowest BCUT2D eigenvalue weighted by Crippen LogP contribution is -2.31. The van der Waals surface area contributed by atoms with Gasteiger partial charge in [-0.25, -0.2) is 0 Å². The normalized spacial score (nSPS) is 10.7. The van der Waals surface area contributed by atoms with Crippen molar-refractivity contribution in [2.75, 3.05) is 25.0 Å². The highest BCUT2D eigenvalue weighted by Gasteiger charge is 2.13. The number of unbranched alkanes of at least 4 members (excludes halogenated alkanes) is 1. The van der Waals surface area contributed by atoms with Crippen LogP contribution in [0, 0.1) is 5.92 Å². The van der Waals surface area contributed by atoms with Gasteiger partial charge in [-0.15, -0.1) is 0 Å². The molecule has 0 unspecified atom stereocenters. The lowest BCUT2D eigenvalue weighted by molar-refractivity contribution is 0.0767. The zero-order valence-electron chi connectivity index (χ0n) is 13.9. The number of carbonyl (C=O) groups excluding carboxylic acids is 1. The van der Waals surface area contributed by atoms with Crippen molar-refractivity contribution in [1.29, 1.82) is 0 Å². The molecule has 0 saturated heterocycles. The molecule has 1 N–H and O–H groups in total. The van der Waals surface area contributed by atoms with Gasteiger partial charge in [0.1, 0.15) is 5.69 Å². The number of aromatic nitrogens is 1. The summed E-state index contributed by atoms with van der Waals surface area (Å²) in [6, 6.07) is 3.77. The minimum atomic E-state index is 0.00320. The van der Waals surface area contributed by atoms with Crippen LogP contribution in [-0.4, -0.2) is 35.4 Å². The van der Waals surface area contributed by atoms with Crippen LogP contribution in [0.2, 0.25) is 0 Å². The van der Waals surface area contributed by atoms with E-state index in [0.717, 1.165) is 24.6 Å². The molecule has 1 aromatic rings. The molecule has 1 heterocycles. The Labute approximate surface area is 129 Å². The molecule has 0 aromatic carbocycles. The van der Waals surface area contributed by atoms with Gasteiger partial charge in [-0.2, -0.15) is 0 Å². The third-order valence-corrected chi connectivity index (χ3v) is 3.57. The number of hydrogen-bond donors (Lipinski definition) is 1. The summed E-state index contributed by atoms with van der Waals surface area (Å²) in [7, 11) is 0. The second kappa shape index (κ2) is 9.37. The summed E-state index contributed by atoms with van der Waals surface area (Å²) in [6.45, 7) is 10.8. The first-order valence-electron chi connectivity index (χ1n) is 8.07. The second-order valence-electron chi connectivity index (χ2n) is 5.72. The molecule has 4 heteroatoms. The Morgan fingerprint density at radius 1 is 1.29 bits per heavy atom. The second-order valence-corrected chi connectivity index (χ2v) is 5.72. The summed E-state index contributed by atoms with van der Waals surface area (Å²) >= 11 is 0. The highest BCUT2D eigenvalue weighted by molar-refractivity contribution is 5.93. The topological polar surface area (TPSA) is 45.2 Å². The number of nitrogens with one attached hydrogen (secondary N) is 1. The van der Waals surface area contributed by atoms with Crippen molar-refractivity contribution in [2.24, 2.45) is 5.92 Å². The Bertz CT molecular complexity index is 428. The molecular formula is C17H29N3O. The van der Waals surface area contributed by atoms with Crippen LogP contribution < -0.4 is 5.32 Å². The summed E-state index contributed by atoms with van der Waals surface area (Å²) in [6.07, 6.45) is 5.36. The maximum absolute atomic E-state index is 12.2. The molecule has 1 rings (SSSR count). The first-order valence-corrected chi connectivity index (χ1v) is 8.07. The molecule has 0 aliphatic carbocycles. The van der Waals surface area contributed by atoms with E-state index in [4.69, 9.17) is 0 Å². The molecule has 118 valence electrons. The molecule has 4 nitrogen and oxygen atoms in total. The van der Waals surface area contributed by atoms with Crippen molar-refractivity contribution in [1.82, 2.24) is 9.88 Å². The molecule has 0 saturated carbocycles. The number of carbonyl (C=O) groups is 1. The van der Waals surface area contributed by atoms with Gasteiger partial charge < -0.3 is 10.2 Å². The van der Waals surface area contributed by atoms with Crippen molar-refractivity contribution in [3.63, 3.8) is 0 Å². The molecule has 1 amide bonds. The molecule has 0 aliphatic rings. The highest BCUT2D eigenvalue weighted by atomic mass is 16.2. The van der Waals surface area contributed by atoms with Gasteiger partial charge in [0.25, 0.3) is 5.91 Å².